The Balaban J connectivity index is 2.26. The average molecular weight is 246 g/mol. The van der Waals surface area contributed by atoms with Gasteiger partial charge in [0.25, 0.3) is 0 Å². The van der Waals surface area contributed by atoms with Crippen molar-refractivity contribution in [3.05, 3.63) is 41.2 Å². The lowest BCUT2D eigenvalue weighted by Gasteiger charge is -2.09. The van der Waals surface area contributed by atoms with Gasteiger partial charge >= 0.3 is 0 Å². The Kier molecular flexibility index (Phi) is 3.54. The number of nitrogens with one attached hydrogen (secondary N) is 1. The molecule has 0 atom stereocenters. The summed E-state index contributed by atoms with van der Waals surface area (Å²) >= 11 is 5.04. The third-order valence-corrected chi connectivity index (χ3v) is 2.43. The van der Waals surface area contributed by atoms with E-state index >= 15 is 0 Å². The second-order valence-corrected chi connectivity index (χ2v) is 4.46. The number of aromatic nitrogens is 2. The van der Waals surface area contributed by atoms with Crippen molar-refractivity contribution in [1.82, 2.24) is 10.2 Å². The molecule has 1 N–H and O–H groups in total. The Morgan fingerprint density at radius 1 is 1.18 bits per heavy atom. The van der Waals surface area contributed by atoms with Gasteiger partial charge in [-0.2, -0.15) is 5.10 Å². The Morgan fingerprint density at radius 2 is 1.88 bits per heavy atom. The van der Waals surface area contributed by atoms with Crippen LogP contribution in [0.1, 0.15) is 13.8 Å². The molecule has 0 radical (unpaired) electrons. The van der Waals surface area contributed by atoms with Crippen molar-refractivity contribution < 1.29 is 4.74 Å². The molecular weight excluding hydrogens is 232 g/mol. The normalized spacial score (nSPS) is 10.5. The van der Waals surface area contributed by atoms with E-state index in [0.29, 0.717) is 4.64 Å². The number of rotatable bonds is 3. The summed E-state index contributed by atoms with van der Waals surface area (Å²) in [6.45, 7) is 4.02. The SMILES string of the molecule is CC(C)Oc1ccc(-c2cn[nH]c(=S)c2)cc1. The summed E-state index contributed by atoms with van der Waals surface area (Å²) in [6.07, 6.45) is 1.95. The maximum absolute atomic E-state index is 5.59. The van der Waals surface area contributed by atoms with Crippen LogP contribution in [0.2, 0.25) is 0 Å². The number of benzene rings is 1. The molecule has 0 aliphatic heterocycles. The summed E-state index contributed by atoms with van der Waals surface area (Å²) < 4.78 is 6.22. The summed E-state index contributed by atoms with van der Waals surface area (Å²) in [5.41, 5.74) is 2.08. The lowest BCUT2D eigenvalue weighted by Crippen LogP contribution is -2.05. The van der Waals surface area contributed by atoms with E-state index in [1.807, 2.05) is 44.2 Å². The van der Waals surface area contributed by atoms with E-state index < -0.39 is 0 Å². The van der Waals surface area contributed by atoms with Crippen molar-refractivity contribution >= 4 is 12.2 Å². The molecule has 17 heavy (non-hydrogen) atoms. The van der Waals surface area contributed by atoms with Gasteiger partial charge in [-0.1, -0.05) is 24.4 Å². The minimum absolute atomic E-state index is 0.188. The number of hydrogen-bond donors (Lipinski definition) is 1. The predicted molar refractivity (Wildman–Crippen MR) is 70.6 cm³/mol. The second-order valence-electron chi connectivity index (χ2n) is 4.02. The van der Waals surface area contributed by atoms with Gasteiger partial charge in [-0.05, 0) is 37.6 Å². The van der Waals surface area contributed by atoms with Crippen LogP contribution in [0, 0.1) is 4.64 Å². The summed E-state index contributed by atoms with van der Waals surface area (Å²) in [5.74, 6) is 0.873. The Labute approximate surface area is 105 Å². The van der Waals surface area contributed by atoms with Crippen molar-refractivity contribution in [2.45, 2.75) is 20.0 Å². The van der Waals surface area contributed by atoms with Crippen LogP contribution >= 0.6 is 12.2 Å². The van der Waals surface area contributed by atoms with Gasteiger partial charge in [0.15, 0.2) is 0 Å². The zero-order valence-corrected chi connectivity index (χ0v) is 10.6. The van der Waals surface area contributed by atoms with Gasteiger partial charge < -0.3 is 4.74 Å². The van der Waals surface area contributed by atoms with Gasteiger partial charge in [0, 0.05) is 5.56 Å². The molecule has 1 heterocycles. The van der Waals surface area contributed by atoms with Gasteiger partial charge in [0.05, 0.1) is 12.3 Å². The number of ether oxygens (including phenoxy) is 1. The summed E-state index contributed by atoms with van der Waals surface area (Å²) in [5, 5.41) is 6.69. The van der Waals surface area contributed by atoms with Crippen LogP contribution in [-0.2, 0) is 0 Å². The summed E-state index contributed by atoms with van der Waals surface area (Å²) in [4.78, 5) is 0. The van der Waals surface area contributed by atoms with Crippen molar-refractivity contribution in [3.8, 4) is 16.9 Å². The third kappa shape index (κ3) is 3.14. The zero-order valence-electron chi connectivity index (χ0n) is 9.81. The minimum Gasteiger partial charge on any atom is -0.491 e. The molecule has 0 bridgehead atoms. The molecule has 4 heteroatoms. The largest absolute Gasteiger partial charge is 0.491 e. The molecule has 0 aliphatic rings. The van der Waals surface area contributed by atoms with Crippen LogP contribution in [-0.4, -0.2) is 16.3 Å². The van der Waals surface area contributed by atoms with E-state index in [-0.39, 0.29) is 6.10 Å². The first kappa shape index (κ1) is 11.8. The molecule has 0 aliphatic carbocycles. The van der Waals surface area contributed by atoms with Crippen molar-refractivity contribution in [3.63, 3.8) is 0 Å². The molecule has 0 unspecified atom stereocenters. The summed E-state index contributed by atoms with van der Waals surface area (Å²) in [6, 6.07) is 9.80. The fourth-order valence-electron chi connectivity index (χ4n) is 1.53. The van der Waals surface area contributed by atoms with Gasteiger partial charge in [0.1, 0.15) is 10.4 Å². The molecule has 2 rings (SSSR count). The van der Waals surface area contributed by atoms with E-state index in [4.69, 9.17) is 17.0 Å². The molecule has 0 saturated carbocycles. The fourth-order valence-corrected chi connectivity index (χ4v) is 1.71. The first-order chi connectivity index (χ1) is 8.15. The van der Waals surface area contributed by atoms with Crippen LogP contribution in [0.25, 0.3) is 11.1 Å². The molecule has 88 valence electrons. The lowest BCUT2D eigenvalue weighted by atomic mass is 10.1. The van der Waals surface area contributed by atoms with E-state index in [1.165, 1.54) is 0 Å². The number of aromatic amines is 1. The maximum Gasteiger partial charge on any atom is 0.120 e. The van der Waals surface area contributed by atoms with Crippen LogP contribution in [0.15, 0.2) is 36.5 Å². The molecule has 1 aromatic heterocycles. The van der Waals surface area contributed by atoms with Crippen LogP contribution in [0.5, 0.6) is 5.75 Å². The molecular formula is C13H14N2OS. The smallest absolute Gasteiger partial charge is 0.120 e. The van der Waals surface area contributed by atoms with E-state index in [9.17, 15) is 0 Å². The topological polar surface area (TPSA) is 37.9 Å². The number of hydrogen-bond acceptors (Lipinski definition) is 3. The van der Waals surface area contributed by atoms with Gasteiger partial charge in [0.2, 0.25) is 0 Å². The predicted octanol–water partition coefficient (Wildman–Crippen LogP) is 3.59. The lowest BCUT2D eigenvalue weighted by molar-refractivity contribution is 0.242. The maximum atomic E-state index is 5.59. The van der Waals surface area contributed by atoms with Crippen molar-refractivity contribution in [2.24, 2.45) is 0 Å². The molecule has 0 amide bonds. The molecule has 1 aromatic carbocycles. The molecule has 0 spiro atoms. The highest BCUT2D eigenvalue weighted by atomic mass is 32.1. The number of H-pyrrole nitrogens is 1. The Bertz CT molecular complexity index is 546. The molecule has 3 nitrogen and oxygen atoms in total. The first-order valence-electron chi connectivity index (χ1n) is 5.47. The van der Waals surface area contributed by atoms with Gasteiger partial charge in [-0.15, -0.1) is 0 Å². The van der Waals surface area contributed by atoms with Crippen LogP contribution in [0.4, 0.5) is 0 Å². The molecule has 2 aromatic rings. The highest BCUT2D eigenvalue weighted by molar-refractivity contribution is 7.71. The monoisotopic (exact) mass is 246 g/mol. The standard InChI is InChI=1S/C13H14N2OS/c1-9(2)16-12-5-3-10(4-6-12)11-7-13(17)15-14-8-11/h3-9H,1-2H3,(H,15,17). The van der Waals surface area contributed by atoms with E-state index in [1.54, 1.807) is 6.20 Å². The third-order valence-electron chi connectivity index (χ3n) is 2.22. The molecule has 0 saturated heterocycles. The second kappa shape index (κ2) is 5.10. The zero-order chi connectivity index (χ0) is 12.3. The first-order valence-corrected chi connectivity index (χ1v) is 5.88. The minimum atomic E-state index is 0.188. The van der Waals surface area contributed by atoms with Crippen LogP contribution in [0.3, 0.4) is 0 Å². The quantitative estimate of drug-likeness (QED) is 0.841. The van der Waals surface area contributed by atoms with E-state index in [0.717, 1.165) is 16.9 Å². The van der Waals surface area contributed by atoms with Gasteiger partial charge in [-0.25, -0.2) is 0 Å². The van der Waals surface area contributed by atoms with E-state index in [2.05, 4.69) is 10.2 Å². The van der Waals surface area contributed by atoms with Crippen LogP contribution < -0.4 is 4.74 Å². The summed E-state index contributed by atoms with van der Waals surface area (Å²) in [7, 11) is 0. The van der Waals surface area contributed by atoms with Gasteiger partial charge in [-0.3, -0.25) is 5.10 Å². The average Bonchev–Trinajstić information content (AvgIpc) is 2.29. The van der Waals surface area contributed by atoms with Crippen molar-refractivity contribution in [1.29, 1.82) is 0 Å². The Morgan fingerprint density at radius 3 is 2.47 bits per heavy atom. The number of nitrogens with zero attached hydrogens (tertiary/aromatic N) is 1. The molecule has 0 fully saturated rings. The fraction of sp³-hybridized carbons (Fsp3) is 0.231. The highest BCUT2D eigenvalue weighted by Gasteiger charge is 2.00. The Hall–Kier alpha value is -1.68. The van der Waals surface area contributed by atoms with Crippen molar-refractivity contribution in [2.75, 3.05) is 0 Å². The highest BCUT2D eigenvalue weighted by Crippen LogP contribution is 2.21.